The summed E-state index contributed by atoms with van der Waals surface area (Å²) in [5.41, 5.74) is 5.83. The predicted molar refractivity (Wildman–Crippen MR) is 147 cm³/mol. The van der Waals surface area contributed by atoms with E-state index in [4.69, 9.17) is 4.74 Å². The maximum absolute atomic E-state index is 15.5. The number of aryl methyl sites for hydroxylation is 4. The minimum Gasteiger partial charge on any atom is -0.466 e. The van der Waals surface area contributed by atoms with E-state index in [1.54, 1.807) is 26.0 Å². The SMILES string of the molecule is C=CCCCCc1cc(C)cc(C)c1-c1cc(C)c(F)c([C@H](CC(=O)OCC)NC(=O)[C@H](O)CC=C)c1. The lowest BCUT2D eigenvalue weighted by molar-refractivity contribution is -0.144. The van der Waals surface area contributed by atoms with E-state index in [1.165, 1.54) is 11.6 Å². The fourth-order valence-electron chi connectivity index (χ4n) is 4.62. The first-order chi connectivity index (χ1) is 17.6. The number of carbonyl (C=O) groups is 2. The molecule has 2 aromatic carbocycles. The molecule has 0 saturated heterocycles. The number of aliphatic hydroxyl groups is 1. The Hall–Kier alpha value is -3.25. The molecule has 0 aliphatic carbocycles. The van der Waals surface area contributed by atoms with Crippen molar-refractivity contribution >= 4 is 11.9 Å². The van der Waals surface area contributed by atoms with Crippen molar-refractivity contribution in [2.45, 2.75) is 78.4 Å². The van der Waals surface area contributed by atoms with Gasteiger partial charge in [-0.15, -0.1) is 13.2 Å². The molecule has 0 saturated carbocycles. The first-order valence-corrected chi connectivity index (χ1v) is 12.9. The highest BCUT2D eigenvalue weighted by molar-refractivity contribution is 5.82. The molecule has 6 heteroatoms. The molecule has 0 radical (unpaired) electrons. The van der Waals surface area contributed by atoms with Crippen molar-refractivity contribution in [2.75, 3.05) is 6.61 Å². The van der Waals surface area contributed by atoms with Crippen molar-refractivity contribution in [1.29, 1.82) is 0 Å². The van der Waals surface area contributed by atoms with Crippen molar-refractivity contribution in [2.24, 2.45) is 0 Å². The minimum atomic E-state index is -1.35. The highest BCUT2D eigenvalue weighted by Gasteiger charge is 2.27. The Morgan fingerprint density at radius 1 is 1.08 bits per heavy atom. The summed E-state index contributed by atoms with van der Waals surface area (Å²) in [6.07, 6.45) is 5.62. The van der Waals surface area contributed by atoms with E-state index >= 15 is 4.39 Å². The average molecular weight is 510 g/mol. The van der Waals surface area contributed by atoms with Gasteiger partial charge in [-0.25, -0.2) is 4.39 Å². The van der Waals surface area contributed by atoms with Crippen molar-refractivity contribution in [3.8, 4) is 11.1 Å². The summed E-state index contributed by atoms with van der Waals surface area (Å²) < 4.78 is 20.6. The van der Waals surface area contributed by atoms with Crippen LogP contribution in [0.2, 0.25) is 0 Å². The van der Waals surface area contributed by atoms with Crippen molar-refractivity contribution in [1.82, 2.24) is 5.32 Å². The monoisotopic (exact) mass is 509 g/mol. The molecule has 0 bridgehead atoms. The lowest BCUT2D eigenvalue weighted by Gasteiger charge is -2.23. The molecule has 200 valence electrons. The largest absolute Gasteiger partial charge is 0.466 e. The topological polar surface area (TPSA) is 75.6 Å². The third-order valence-electron chi connectivity index (χ3n) is 6.30. The van der Waals surface area contributed by atoms with Gasteiger partial charge >= 0.3 is 5.97 Å². The van der Waals surface area contributed by atoms with E-state index in [1.807, 2.05) is 13.0 Å². The predicted octanol–water partition coefficient (Wildman–Crippen LogP) is 6.36. The lowest BCUT2D eigenvalue weighted by Crippen LogP contribution is -2.38. The van der Waals surface area contributed by atoms with Crippen LogP contribution >= 0.6 is 0 Å². The fraction of sp³-hybridized carbons (Fsp3) is 0.419. The summed E-state index contributed by atoms with van der Waals surface area (Å²) in [6, 6.07) is 6.77. The molecular formula is C31H40FNO4. The summed E-state index contributed by atoms with van der Waals surface area (Å²) in [5, 5.41) is 12.8. The molecule has 0 heterocycles. The smallest absolute Gasteiger partial charge is 0.308 e. The fourth-order valence-corrected chi connectivity index (χ4v) is 4.62. The summed E-state index contributed by atoms with van der Waals surface area (Å²) in [6.45, 7) is 15.0. The number of halogens is 1. The van der Waals surface area contributed by atoms with Gasteiger partial charge in [-0.2, -0.15) is 0 Å². The second-order valence-corrected chi connectivity index (χ2v) is 9.46. The first kappa shape index (κ1) is 30.0. The van der Waals surface area contributed by atoms with Crippen molar-refractivity contribution in [3.05, 3.63) is 83.2 Å². The van der Waals surface area contributed by atoms with Crippen LogP contribution in [0.5, 0.6) is 0 Å². The molecule has 37 heavy (non-hydrogen) atoms. The van der Waals surface area contributed by atoms with Crippen molar-refractivity contribution in [3.63, 3.8) is 0 Å². The maximum atomic E-state index is 15.5. The van der Waals surface area contributed by atoms with Gasteiger partial charge in [0, 0.05) is 12.0 Å². The van der Waals surface area contributed by atoms with Gasteiger partial charge in [0.2, 0.25) is 5.91 Å². The number of hydrogen-bond acceptors (Lipinski definition) is 4. The number of ether oxygens (including phenoxy) is 1. The van der Waals surface area contributed by atoms with Gasteiger partial charge in [-0.1, -0.05) is 29.8 Å². The summed E-state index contributed by atoms with van der Waals surface area (Å²) in [4.78, 5) is 25.0. The molecular weight excluding hydrogens is 469 g/mol. The number of amides is 1. The Bertz CT molecular complexity index is 1120. The minimum absolute atomic E-state index is 0.0390. The quantitative estimate of drug-likeness (QED) is 0.176. The molecule has 0 fully saturated rings. The van der Waals surface area contributed by atoms with E-state index in [-0.39, 0.29) is 25.0 Å². The average Bonchev–Trinajstić information content (AvgIpc) is 2.83. The van der Waals surface area contributed by atoms with E-state index in [0.29, 0.717) is 5.56 Å². The number of hydrogen-bond donors (Lipinski definition) is 2. The Kier molecular flexibility index (Phi) is 11.7. The number of benzene rings is 2. The molecule has 2 rings (SSSR count). The standard InChI is InChI=1S/C31H40FNO4/c1-7-10-11-12-14-23-16-20(4)15-21(5)29(23)24-17-22(6)30(32)25(18-24)26(19-28(35)37-9-3)33-31(36)27(34)13-8-2/h7-8,15-18,26-27,34H,1-2,9-14,19H2,3-6H3,(H,33,36)/t26-,27+/m0/s1. The van der Waals surface area contributed by atoms with Crippen LogP contribution in [0.15, 0.2) is 49.6 Å². The van der Waals surface area contributed by atoms with Gasteiger partial charge in [-0.05, 0) is 93.3 Å². The number of allylic oxidation sites excluding steroid dienone is 1. The van der Waals surface area contributed by atoms with Crippen LogP contribution in [0, 0.1) is 26.6 Å². The van der Waals surface area contributed by atoms with Crippen LogP contribution in [0.3, 0.4) is 0 Å². The summed E-state index contributed by atoms with van der Waals surface area (Å²) in [7, 11) is 0. The molecule has 2 aromatic rings. The maximum Gasteiger partial charge on any atom is 0.308 e. The Morgan fingerprint density at radius 2 is 1.81 bits per heavy atom. The van der Waals surface area contributed by atoms with Crippen molar-refractivity contribution < 1.29 is 23.8 Å². The molecule has 2 atom stereocenters. The van der Waals surface area contributed by atoms with Gasteiger partial charge in [0.25, 0.3) is 0 Å². The van der Waals surface area contributed by atoms with Crippen LogP contribution in [-0.2, 0) is 20.7 Å². The van der Waals surface area contributed by atoms with E-state index < -0.39 is 29.8 Å². The van der Waals surface area contributed by atoms with Gasteiger partial charge in [-0.3, -0.25) is 9.59 Å². The number of esters is 1. The first-order valence-electron chi connectivity index (χ1n) is 12.9. The number of aliphatic hydroxyl groups excluding tert-OH is 1. The van der Waals surface area contributed by atoms with E-state index in [0.717, 1.165) is 47.9 Å². The van der Waals surface area contributed by atoms with Gasteiger partial charge in [0.1, 0.15) is 11.9 Å². The molecule has 0 unspecified atom stereocenters. The number of carbonyl (C=O) groups excluding carboxylic acids is 2. The zero-order chi connectivity index (χ0) is 27.5. The molecule has 2 N–H and O–H groups in total. The molecule has 1 amide bonds. The normalized spacial score (nSPS) is 12.5. The molecule has 0 aromatic heterocycles. The second-order valence-electron chi connectivity index (χ2n) is 9.46. The van der Waals surface area contributed by atoms with Crippen LogP contribution in [0.1, 0.15) is 72.9 Å². The summed E-state index contributed by atoms with van der Waals surface area (Å²) in [5.74, 6) is -1.78. The Morgan fingerprint density at radius 3 is 2.46 bits per heavy atom. The highest BCUT2D eigenvalue weighted by atomic mass is 19.1. The van der Waals surface area contributed by atoms with Crippen LogP contribution in [-0.4, -0.2) is 29.7 Å². The van der Waals surface area contributed by atoms with E-state index in [2.05, 4.69) is 37.5 Å². The lowest BCUT2D eigenvalue weighted by atomic mass is 9.87. The number of unbranched alkanes of at least 4 members (excludes halogenated alkanes) is 2. The number of nitrogens with one attached hydrogen (secondary N) is 1. The second kappa shape index (κ2) is 14.5. The zero-order valence-electron chi connectivity index (χ0n) is 22.5. The van der Waals surface area contributed by atoms with Gasteiger partial charge in [0.05, 0.1) is 19.1 Å². The molecule has 0 aliphatic heterocycles. The highest BCUT2D eigenvalue weighted by Crippen LogP contribution is 2.35. The van der Waals surface area contributed by atoms with Gasteiger partial charge < -0.3 is 15.2 Å². The molecule has 0 spiro atoms. The Labute approximate surface area is 220 Å². The molecule has 0 aliphatic rings. The zero-order valence-corrected chi connectivity index (χ0v) is 22.5. The van der Waals surface area contributed by atoms with Crippen LogP contribution in [0.4, 0.5) is 4.39 Å². The third-order valence-corrected chi connectivity index (χ3v) is 6.30. The van der Waals surface area contributed by atoms with Crippen LogP contribution in [0.25, 0.3) is 11.1 Å². The summed E-state index contributed by atoms with van der Waals surface area (Å²) >= 11 is 0. The van der Waals surface area contributed by atoms with Crippen LogP contribution < -0.4 is 5.32 Å². The third kappa shape index (κ3) is 8.39. The molecule has 5 nitrogen and oxygen atoms in total. The Balaban J connectivity index is 2.59. The number of rotatable bonds is 14. The van der Waals surface area contributed by atoms with Gasteiger partial charge in [0.15, 0.2) is 0 Å². The van der Waals surface area contributed by atoms with E-state index in [9.17, 15) is 14.7 Å².